The van der Waals surface area contributed by atoms with Crippen molar-refractivity contribution in [3.05, 3.63) is 23.8 Å². The molecular formula is C26H38N2O5. The Bertz CT molecular complexity index is 860. The van der Waals surface area contributed by atoms with Crippen LogP contribution in [0.5, 0.6) is 11.5 Å². The van der Waals surface area contributed by atoms with Crippen LogP contribution in [0.2, 0.25) is 0 Å². The van der Waals surface area contributed by atoms with Gasteiger partial charge in [-0.15, -0.1) is 0 Å². The third-order valence-corrected chi connectivity index (χ3v) is 8.04. The zero-order valence-electron chi connectivity index (χ0n) is 20.1. The van der Waals surface area contributed by atoms with Crippen molar-refractivity contribution in [3.8, 4) is 11.5 Å². The van der Waals surface area contributed by atoms with Crippen molar-refractivity contribution in [2.75, 3.05) is 20.2 Å². The fraction of sp³-hybridized carbons (Fsp3) is 0.692. The van der Waals surface area contributed by atoms with Gasteiger partial charge < -0.3 is 24.8 Å². The fourth-order valence-electron chi connectivity index (χ4n) is 5.73. The van der Waals surface area contributed by atoms with E-state index in [9.17, 15) is 14.7 Å². The molecule has 7 nitrogen and oxygen atoms in total. The Balaban J connectivity index is 1.55. The van der Waals surface area contributed by atoms with Gasteiger partial charge in [0.2, 0.25) is 0 Å². The molecule has 2 amide bonds. The van der Waals surface area contributed by atoms with E-state index in [0.717, 1.165) is 44.1 Å². The van der Waals surface area contributed by atoms with Crippen LogP contribution in [0.25, 0.3) is 0 Å². The molecule has 2 saturated carbocycles. The van der Waals surface area contributed by atoms with E-state index < -0.39 is 23.3 Å². The number of nitrogens with one attached hydrogen (secondary N) is 1. The lowest BCUT2D eigenvalue weighted by Crippen LogP contribution is -2.46. The van der Waals surface area contributed by atoms with Gasteiger partial charge in [-0.05, 0) is 63.1 Å². The molecule has 7 heteroatoms. The van der Waals surface area contributed by atoms with E-state index >= 15 is 0 Å². The summed E-state index contributed by atoms with van der Waals surface area (Å²) in [5.41, 5.74) is 0.404. The minimum absolute atomic E-state index is 0.0971. The van der Waals surface area contributed by atoms with Gasteiger partial charge in [-0.1, -0.05) is 25.8 Å². The maximum atomic E-state index is 13.0. The normalized spacial score (nSPS) is 27.0. The van der Waals surface area contributed by atoms with Gasteiger partial charge in [-0.3, -0.25) is 9.59 Å². The summed E-state index contributed by atoms with van der Waals surface area (Å²) in [7, 11) is 1.63. The third-order valence-electron chi connectivity index (χ3n) is 8.04. The van der Waals surface area contributed by atoms with Gasteiger partial charge in [0.15, 0.2) is 11.5 Å². The molecule has 1 saturated heterocycles. The van der Waals surface area contributed by atoms with Crippen LogP contribution >= 0.6 is 0 Å². The second kappa shape index (κ2) is 9.92. The Morgan fingerprint density at radius 3 is 2.42 bits per heavy atom. The Morgan fingerprint density at radius 1 is 1.12 bits per heavy atom. The minimum Gasteiger partial charge on any atom is -0.493 e. The van der Waals surface area contributed by atoms with E-state index in [2.05, 4.69) is 5.32 Å². The van der Waals surface area contributed by atoms with E-state index in [1.165, 1.54) is 12.8 Å². The van der Waals surface area contributed by atoms with Crippen molar-refractivity contribution in [3.63, 3.8) is 0 Å². The number of methoxy groups -OCH3 is 1. The van der Waals surface area contributed by atoms with E-state index in [1.54, 1.807) is 18.9 Å². The van der Waals surface area contributed by atoms with Gasteiger partial charge >= 0.3 is 11.8 Å². The molecule has 33 heavy (non-hydrogen) atoms. The van der Waals surface area contributed by atoms with Crippen molar-refractivity contribution in [1.29, 1.82) is 0 Å². The number of benzene rings is 1. The molecular weight excluding hydrogens is 420 g/mol. The molecule has 0 aromatic heterocycles. The number of aliphatic hydroxyl groups excluding tert-OH is 1. The molecule has 4 rings (SSSR count). The maximum absolute atomic E-state index is 13.0. The number of ether oxygens (including phenoxy) is 2. The number of nitrogens with zero attached hydrogens (tertiary/aromatic N) is 1. The summed E-state index contributed by atoms with van der Waals surface area (Å²) in [6.07, 6.45) is 8.02. The predicted octanol–water partition coefficient (Wildman–Crippen LogP) is 3.39. The highest BCUT2D eigenvalue weighted by Gasteiger charge is 2.49. The predicted molar refractivity (Wildman–Crippen MR) is 125 cm³/mol. The number of likely N-dealkylation sites (tertiary alicyclic amines) is 1. The highest BCUT2D eigenvalue weighted by molar-refractivity contribution is 6.35. The molecule has 182 valence electrons. The second-order valence-corrected chi connectivity index (χ2v) is 10.3. The SMILES string of the molecule is COc1ccc(C2CN(C(=O)C(=O)NC3CCCC3)CC2(C)C(C)O)cc1OC1CCCC1. The lowest BCUT2D eigenvalue weighted by Gasteiger charge is -2.34. The zero-order chi connectivity index (χ0) is 23.6. The van der Waals surface area contributed by atoms with Crippen LogP contribution in [0.4, 0.5) is 0 Å². The van der Waals surface area contributed by atoms with E-state index in [4.69, 9.17) is 9.47 Å². The first-order valence-electron chi connectivity index (χ1n) is 12.4. The van der Waals surface area contributed by atoms with Crippen LogP contribution in [0.15, 0.2) is 18.2 Å². The summed E-state index contributed by atoms with van der Waals surface area (Å²) in [6.45, 7) is 4.47. The largest absolute Gasteiger partial charge is 0.493 e. The molecule has 2 aliphatic carbocycles. The van der Waals surface area contributed by atoms with Crippen molar-refractivity contribution in [1.82, 2.24) is 10.2 Å². The molecule has 0 radical (unpaired) electrons. The summed E-state index contributed by atoms with van der Waals surface area (Å²) < 4.78 is 11.8. The van der Waals surface area contributed by atoms with Gasteiger partial charge in [-0.2, -0.15) is 0 Å². The van der Waals surface area contributed by atoms with E-state index in [1.807, 2.05) is 25.1 Å². The standard InChI is InChI=1S/C26H38N2O5/c1-17(29)26(2)16-28(25(31)24(30)27-19-8-4-5-9-19)15-21(26)18-12-13-22(32-3)23(14-18)33-20-10-6-7-11-20/h12-14,17,19-21,29H,4-11,15-16H2,1-3H3,(H,27,30). The molecule has 2 N–H and O–H groups in total. The molecule has 3 fully saturated rings. The lowest BCUT2D eigenvalue weighted by atomic mass is 9.72. The molecule has 3 atom stereocenters. The first-order valence-corrected chi connectivity index (χ1v) is 12.4. The van der Waals surface area contributed by atoms with Gasteiger partial charge in [0.1, 0.15) is 0 Å². The number of hydrogen-bond acceptors (Lipinski definition) is 5. The molecule has 3 unspecified atom stereocenters. The van der Waals surface area contributed by atoms with Crippen LogP contribution < -0.4 is 14.8 Å². The van der Waals surface area contributed by atoms with Crippen molar-refractivity contribution < 1.29 is 24.2 Å². The van der Waals surface area contributed by atoms with Crippen LogP contribution in [0.1, 0.15) is 76.7 Å². The second-order valence-electron chi connectivity index (χ2n) is 10.3. The summed E-state index contributed by atoms with van der Waals surface area (Å²) in [5.74, 6) is 0.227. The first-order chi connectivity index (χ1) is 15.8. The number of carbonyl (C=O) groups excluding carboxylic acids is 2. The van der Waals surface area contributed by atoms with Crippen LogP contribution in [-0.2, 0) is 9.59 Å². The molecule has 3 aliphatic rings. The zero-order valence-corrected chi connectivity index (χ0v) is 20.1. The first kappa shape index (κ1) is 23.9. The molecule has 1 heterocycles. The van der Waals surface area contributed by atoms with Crippen molar-refractivity contribution in [2.24, 2.45) is 5.41 Å². The van der Waals surface area contributed by atoms with Crippen molar-refractivity contribution in [2.45, 2.75) is 89.4 Å². The van der Waals surface area contributed by atoms with Crippen LogP contribution in [0, 0.1) is 5.41 Å². The topological polar surface area (TPSA) is 88.1 Å². The summed E-state index contributed by atoms with van der Waals surface area (Å²) in [6, 6.07) is 5.98. The smallest absolute Gasteiger partial charge is 0.311 e. The quantitative estimate of drug-likeness (QED) is 0.638. The molecule has 1 aromatic rings. The van der Waals surface area contributed by atoms with Crippen LogP contribution in [-0.4, -0.2) is 60.3 Å². The highest BCUT2D eigenvalue weighted by atomic mass is 16.5. The summed E-state index contributed by atoms with van der Waals surface area (Å²) >= 11 is 0. The van der Waals surface area contributed by atoms with E-state index in [-0.39, 0.29) is 18.1 Å². The number of rotatable bonds is 6. The molecule has 0 bridgehead atoms. The van der Waals surface area contributed by atoms with Gasteiger partial charge in [0, 0.05) is 30.5 Å². The van der Waals surface area contributed by atoms with Gasteiger partial charge in [0.25, 0.3) is 0 Å². The van der Waals surface area contributed by atoms with Crippen molar-refractivity contribution >= 4 is 11.8 Å². The Morgan fingerprint density at radius 2 is 1.79 bits per heavy atom. The summed E-state index contributed by atoms with van der Waals surface area (Å²) in [4.78, 5) is 27.2. The average molecular weight is 459 g/mol. The molecule has 1 aromatic carbocycles. The third kappa shape index (κ3) is 4.98. The summed E-state index contributed by atoms with van der Waals surface area (Å²) in [5, 5.41) is 13.6. The number of carbonyl (C=O) groups is 2. The minimum atomic E-state index is -0.653. The monoisotopic (exact) mass is 458 g/mol. The average Bonchev–Trinajstić information content (AvgIpc) is 3.55. The highest BCUT2D eigenvalue weighted by Crippen LogP contribution is 2.47. The Labute approximate surface area is 196 Å². The number of amides is 2. The van der Waals surface area contributed by atoms with Crippen LogP contribution in [0.3, 0.4) is 0 Å². The van der Waals surface area contributed by atoms with E-state index in [0.29, 0.717) is 24.6 Å². The van der Waals surface area contributed by atoms with Gasteiger partial charge in [0.05, 0.1) is 19.3 Å². The number of aliphatic hydroxyl groups is 1. The fourth-order valence-corrected chi connectivity index (χ4v) is 5.73. The molecule has 1 aliphatic heterocycles. The Kier molecular flexibility index (Phi) is 7.17. The molecule has 0 spiro atoms. The maximum Gasteiger partial charge on any atom is 0.311 e. The lowest BCUT2D eigenvalue weighted by molar-refractivity contribution is -0.146. The Hall–Kier alpha value is -2.28. The number of hydrogen-bond donors (Lipinski definition) is 2. The van der Waals surface area contributed by atoms with Gasteiger partial charge in [-0.25, -0.2) is 0 Å².